The van der Waals surface area contributed by atoms with Gasteiger partial charge < -0.3 is 20.3 Å². The number of hydrogen-bond donors (Lipinski definition) is 2. The van der Waals surface area contributed by atoms with Crippen molar-refractivity contribution in [3.63, 3.8) is 0 Å². The first kappa shape index (κ1) is 24.9. The zero-order valence-electron chi connectivity index (χ0n) is 19.6. The SMILES string of the molecule is CCNC(=NCCCCCOC1CCCCC1)NC1CCN(CC(=O)N(C)C)CC1. The minimum absolute atomic E-state index is 0.181. The summed E-state index contributed by atoms with van der Waals surface area (Å²) in [7, 11) is 3.64. The summed E-state index contributed by atoms with van der Waals surface area (Å²) in [6, 6.07) is 0.428. The second-order valence-corrected chi connectivity index (χ2v) is 8.94. The molecule has 0 spiro atoms. The van der Waals surface area contributed by atoms with Crippen molar-refractivity contribution in [3.05, 3.63) is 0 Å². The zero-order valence-corrected chi connectivity index (χ0v) is 19.6. The number of carbonyl (C=O) groups excluding carboxylic acids is 1. The van der Waals surface area contributed by atoms with E-state index < -0.39 is 0 Å². The third-order valence-electron chi connectivity index (χ3n) is 6.11. The number of aliphatic imine (C=N–C) groups is 1. The molecule has 0 aromatic heterocycles. The number of nitrogens with zero attached hydrogens (tertiary/aromatic N) is 3. The summed E-state index contributed by atoms with van der Waals surface area (Å²) in [6.45, 7) is 7.18. The minimum Gasteiger partial charge on any atom is -0.378 e. The van der Waals surface area contributed by atoms with E-state index in [0.29, 0.717) is 18.7 Å². The normalized spacial score (nSPS) is 19.6. The fourth-order valence-corrected chi connectivity index (χ4v) is 4.14. The maximum absolute atomic E-state index is 11.9. The number of unbranched alkanes of at least 4 members (excludes halogenated alkanes) is 2. The van der Waals surface area contributed by atoms with Gasteiger partial charge in [-0.3, -0.25) is 14.7 Å². The van der Waals surface area contributed by atoms with E-state index >= 15 is 0 Å². The lowest BCUT2D eigenvalue weighted by molar-refractivity contribution is -0.130. The fourth-order valence-electron chi connectivity index (χ4n) is 4.14. The van der Waals surface area contributed by atoms with E-state index in [0.717, 1.165) is 64.4 Å². The molecule has 7 heteroatoms. The van der Waals surface area contributed by atoms with Crippen LogP contribution in [0.3, 0.4) is 0 Å². The first-order valence-corrected chi connectivity index (χ1v) is 12.2. The van der Waals surface area contributed by atoms with Crippen LogP contribution in [0, 0.1) is 0 Å². The number of guanidine groups is 1. The molecule has 0 bridgehead atoms. The van der Waals surface area contributed by atoms with Crippen molar-refractivity contribution in [3.8, 4) is 0 Å². The van der Waals surface area contributed by atoms with Crippen LogP contribution in [0.25, 0.3) is 0 Å². The third kappa shape index (κ3) is 10.1. The average Bonchev–Trinajstić information content (AvgIpc) is 2.75. The molecule has 2 rings (SSSR count). The molecule has 0 atom stereocenters. The summed E-state index contributed by atoms with van der Waals surface area (Å²) in [6.07, 6.45) is 12.6. The van der Waals surface area contributed by atoms with Crippen molar-refractivity contribution in [2.24, 2.45) is 4.99 Å². The average molecular weight is 424 g/mol. The van der Waals surface area contributed by atoms with E-state index in [-0.39, 0.29) is 5.91 Å². The van der Waals surface area contributed by atoms with Crippen molar-refractivity contribution in [2.75, 3.05) is 53.4 Å². The summed E-state index contributed by atoms with van der Waals surface area (Å²) < 4.78 is 6.01. The standard InChI is InChI=1S/C23H45N5O2/c1-4-24-23(25-15-9-6-10-18-30-21-11-7-5-8-12-21)26-20-13-16-28(17-14-20)19-22(29)27(2)3/h20-21H,4-19H2,1-3H3,(H2,24,25,26). The Kier molecular flexibility index (Phi) is 12.2. The molecule has 2 N–H and O–H groups in total. The largest absolute Gasteiger partial charge is 0.378 e. The van der Waals surface area contributed by atoms with Gasteiger partial charge in [-0.1, -0.05) is 19.3 Å². The number of likely N-dealkylation sites (N-methyl/N-ethyl adjacent to an activating group) is 1. The molecule has 0 unspecified atom stereocenters. The Morgan fingerprint density at radius 2 is 1.80 bits per heavy atom. The molecule has 174 valence electrons. The third-order valence-corrected chi connectivity index (χ3v) is 6.11. The van der Waals surface area contributed by atoms with Gasteiger partial charge in [0.25, 0.3) is 0 Å². The van der Waals surface area contributed by atoms with Gasteiger partial charge in [-0.25, -0.2) is 0 Å². The monoisotopic (exact) mass is 423 g/mol. The molecule has 2 aliphatic rings. The Morgan fingerprint density at radius 3 is 2.47 bits per heavy atom. The lowest BCUT2D eigenvalue weighted by Gasteiger charge is -2.33. The topological polar surface area (TPSA) is 69.2 Å². The summed E-state index contributed by atoms with van der Waals surface area (Å²) in [5.74, 6) is 1.11. The highest BCUT2D eigenvalue weighted by Gasteiger charge is 2.22. The van der Waals surface area contributed by atoms with Gasteiger partial charge in [0.1, 0.15) is 0 Å². The summed E-state index contributed by atoms with van der Waals surface area (Å²) in [5.41, 5.74) is 0. The minimum atomic E-state index is 0.181. The van der Waals surface area contributed by atoms with E-state index in [4.69, 9.17) is 9.73 Å². The summed E-state index contributed by atoms with van der Waals surface area (Å²) >= 11 is 0. The van der Waals surface area contributed by atoms with Crippen molar-refractivity contribution < 1.29 is 9.53 Å². The number of rotatable bonds is 11. The van der Waals surface area contributed by atoms with Crippen LogP contribution in [0.15, 0.2) is 4.99 Å². The highest BCUT2D eigenvalue weighted by atomic mass is 16.5. The van der Waals surface area contributed by atoms with Crippen LogP contribution in [0.5, 0.6) is 0 Å². The summed E-state index contributed by atoms with van der Waals surface area (Å²) in [5, 5.41) is 6.96. The second-order valence-electron chi connectivity index (χ2n) is 8.94. The molecule has 1 saturated carbocycles. The lowest BCUT2D eigenvalue weighted by Crippen LogP contribution is -2.50. The Morgan fingerprint density at radius 1 is 1.07 bits per heavy atom. The number of carbonyl (C=O) groups is 1. The number of hydrogen-bond acceptors (Lipinski definition) is 4. The van der Waals surface area contributed by atoms with Crippen LogP contribution in [0.4, 0.5) is 0 Å². The lowest BCUT2D eigenvalue weighted by atomic mass is 9.98. The Hall–Kier alpha value is -1.34. The first-order valence-electron chi connectivity index (χ1n) is 12.2. The van der Waals surface area contributed by atoms with E-state index in [1.165, 1.54) is 38.5 Å². The molecule has 1 aliphatic carbocycles. The van der Waals surface area contributed by atoms with Gasteiger partial charge in [-0.15, -0.1) is 0 Å². The molecule has 2 fully saturated rings. The van der Waals surface area contributed by atoms with Crippen molar-refractivity contribution in [1.82, 2.24) is 20.4 Å². The molecule has 0 aromatic carbocycles. The molecular formula is C23H45N5O2. The molecule has 7 nitrogen and oxygen atoms in total. The van der Waals surface area contributed by atoms with Crippen molar-refractivity contribution in [2.45, 2.75) is 83.3 Å². The predicted molar refractivity (Wildman–Crippen MR) is 124 cm³/mol. The van der Waals surface area contributed by atoms with Crippen LogP contribution in [0.1, 0.15) is 71.1 Å². The Bertz CT molecular complexity index is 498. The fraction of sp³-hybridized carbons (Fsp3) is 0.913. The molecule has 30 heavy (non-hydrogen) atoms. The molecule has 1 aliphatic heterocycles. The van der Waals surface area contributed by atoms with Gasteiger partial charge in [0, 0.05) is 52.9 Å². The Labute approximate surface area is 184 Å². The van der Waals surface area contributed by atoms with Crippen LogP contribution in [0.2, 0.25) is 0 Å². The van der Waals surface area contributed by atoms with Gasteiger partial charge in [0.05, 0.1) is 12.6 Å². The van der Waals surface area contributed by atoms with E-state index in [2.05, 4.69) is 22.5 Å². The smallest absolute Gasteiger partial charge is 0.236 e. The quantitative estimate of drug-likeness (QED) is 0.304. The maximum Gasteiger partial charge on any atom is 0.236 e. The number of likely N-dealkylation sites (tertiary alicyclic amines) is 1. The molecular weight excluding hydrogens is 378 g/mol. The van der Waals surface area contributed by atoms with Gasteiger partial charge in [-0.05, 0) is 51.9 Å². The number of piperidine rings is 1. The highest BCUT2D eigenvalue weighted by molar-refractivity contribution is 5.80. The number of nitrogens with one attached hydrogen (secondary N) is 2. The highest BCUT2D eigenvalue weighted by Crippen LogP contribution is 2.20. The first-order chi connectivity index (χ1) is 14.6. The molecule has 1 amide bonds. The van der Waals surface area contributed by atoms with Crippen LogP contribution in [-0.2, 0) is 9.53 Å². The van der Waals surface area contributed by atoms with E-state index in [9.17, 15) is 4.79 Å². The van der Waals surface area contributed by atoms with Gasteiger partial charge in [0.15, 0.2) is 5.96 Å². The van der Waals surface area contributed by atoms with Crippen molar-refractivity contribution in [1.29, 1.82) is 0 Å². The van der Waals surface area contributed by atoms with Gasteiger partial charge in [0.2, 0.25) is 5.91 Å². The summed E-state index contributed by atoms with van der Waals surface area (Å²) in [4.78, 5) is 20.6. The van der Waals surface area contributed by atoms with Crippen LogP contribution < -0.4 is 10.6 Å². The molecule has 0 radical (unpaired) electrons. The van der Waals surface area contributed by atoms with Crippen LogP contribution >= 0.6 is 0 Å². The molecule has 0 aromatic rings. The van der Waals surface area contributed by atoms with E-state index in [1.807, 2.05) is 14.1 Å². The van der Waals surface area contributed by atoms with Gasteiger partial charge in [-0.2, -0.15) is 0 Å². The van der Waals surface area contributed by atoms with E-state index in [1.54, 1.807) is 4.90 Å². The predicted octanol–water partition coefficient (Wildman–Crippen LogP) is 2.61. The van der Waals surface area contributed by atoms with Gasteiger partial charge >= 0.3 is 0 Å². The second kappa shape index (κ2) is 14.6. The zero-order chi connectivity index (χ0) is 21.6. The molecule has 1 heterocycles. The number of ether oxygens (including phenoxy) is 1. The molecule has 1 saturated heterocycles. The van der Waals surface area contributed by atoms with Crippen LogP contribution in [-0.4, -0.2) is 87.2 Å². The number of amides is 1. The maximum atomic E-state index is 11.9. The van der Waals surface area contributed by atoms with Crippen molar-refractivity contribution >= 4 is 11.9 Å². The Balaban J connectivity index is 1.58.